The zero-order valence-corrected chi connectivity index (χ0v) is 16.1. The van der Waals surface area contributed by atoms with E-state index in [1.165, 1.54) is 28.5 Å². The Hall–Kier alpha value is -2.68. The number of amides is 1. The summed E-state index contributed by atoms with van der Waals surface area (Å²) in [6, 6.07) is 3.61. The van der Waals surface area contributed by atoms with Crippen LogP contribution in [-0.2, 0) is 6.54 Å². The number of rotatable bonds is 4. The van der Waals surface area contributed by atoms with E-state index in [1.807, 2.05) is 13.0 Å². The van der Waals surface area contributed by atoms with Gasteiger partial charge >= 0.3 is 0 Å². The van der Waals surface area contributed by atoms with Crippen molar-refractivity contribution in [2.24, 2.45) is 5.92 Å². The Morgan fingerprint density at radius 1 is 1.44 bits per heavy atom. The minimum atomic E-state index is -0.489. The SMILES string of the molecule is Cc1ccc(CNC(=O)c2cnc3sc(N4CCCC(C)C4)nn3c2=O)o1. The van der Waals surface area contributed by atoms with Crippen LogP contribution in [0.25, 0.3) is 4.96 Å². The Bertz CT molecular complexity index is 1040. The number of anilines is 1. The first-order valence-corrected chi connectivity index (χ1v) is 9.80. The van der Waals surface area contributed by atoms with Crippen LogP contribution in [0.4, 0.5) is 5.13 Å². The third-order valence-corrected chi connectivity index (χ3v) is 5.65. The smallest absolute Gasteiger partial charge is 0.288 e. The molecule has 1 atom stereocenters. The zero-order valence-electron chi connectivity index (χ0n) is 15.3. The molecule has 4 heterocycles. The molecule has 1 unspecified atom stereocenters. The summed E-state index contributed by atoms with van der Waals surface area (Å²) in [5.74, 6) is 1.51. The van der Waals surface area contributed by atoms with Gasteiger partial charge in [0.15, 0.2) is 0 Å². The third kappa shape index (κ3) is 3.59. The Balaban J connectivity index is 1.56. The lowest BCUT2D eigenvalue weighted by Gasteiger charge is -2.30. The van der Waals surface area contributed by atoms with Crippen molar-refractivity contribution in [3.8, 4) is 0 Å². The number of furan rings is 1. The highest BCUT2D eigenvalue weighted by molar-refractivity contribution is 7.20. The molecule has 0 spiro atoms. The molecule has 4 rings (SSSR count). The van der Waals surface area contributed by atoms with Gasteiger partial charge in [0, 0.05) is 19.3 Å². The Kier molecular flexibility index (Phi) is 4.69. The molecular formula is C18H21N5O3S. The summed E-state index contributed by atoms with van der Waals surface area (Å²) in [5, 5.41) is 7.88. The van der Waals surface area contributed by atoms with E-state index in [0.717, 1.165) is 30.4 Å². The fourth-order valence-electron chi connectivity index (χ4n) is 3.27. The van der Waals surface area contributed by atoms with Crippen molar-refractivity contribution in [2.45, 2.75) is 33.2 Å². The second kappa shape index (κ2) is 7.15. The van der Waals surface area contributed by atoms with Gasteiger partial charge in [-0.2, -0.15) is 4.52 Å². The maximum Gasteiger partial charge on any atom is 0.288 e. The van der Waals surface area contributed by atoms with E-state index in [2.05, 4.69) is 27.2 Å². The average molecular weight is 387 g/mol. The Morgan fingerprint density at radius 3 is 3.04 bits per heavy atom. The van der Waals surface area contributed by atoms with Crippen LogP contribution in [0, 0.1) is 12.8 Å². The van der Waals surface area contributed by atoms with Gasteiger partial charge in [-0.1, -0.05) is 18.3 Å². The second-order valence-electron chi connectivity index (χ2n) is 6.94. The standard InChI is InChI=1S/C18H21N5O3S/c1-11-4-3-7-22(10-11)18-21-23-16(25)14(9-20-17(23)27-18)15(24)19-8-13-6-5-12(2)26-13/h5-6,9,11H,3-4,7-8,10H2,1-2H3,(H,19,24). The molecule has 0 saturated carbocycles. The Labute approximate surface area is 159 Å². The van der Waals surface area contributed by atoms with Crippen molar-refractivity contribution in [1.82, 2.24) is 19.9 Å². The number of carbonyl (C=O) groups is 1. The minimum Gasteiger partial charge on any atom is -0.465 e. The van der Waals surface area contributed by atoms with E-state index in [1.54, 1.807) is 6.07 Å². The molecule has 3 aromatic heterocycles. The molecule has 9 heteroatoms. The number of hydrogen-bond donors (Lipinski definition) is 1. The van der Waals surface area contributed by atoms with Crippen LogP contribution in [-0.4, -0.2) is 33.6 Å². The van der Waals surface area contributed by atoms with E-state index in [0.29, 0.717) is 16.6 Å². The zero-order chi connectivity index (χ0) is 19.0. The first-order chi connectivity index (χ1) is 13.0. The molecule has 1 amide bonds. The van der Waals surface area contributed by atoms with Gasteiger partial charge in [-0.25, -0.2) is 4.98 Å². The van der Waals surface area contributed by atoms with Crippen LogP contribution in [0.3, 0.4) is 0 Å². The van der Waals surface area contributed by atoms with E-state index >= 15 is 0 Å². The normalized spacial score (nSPS) is 17.4. The summed E-state index contributed by atoms with van der Waals surface area (Å²) in [6.45, 7) is 6.10. The first kappa shape index (κ1) is 17.7. The van der Waals surface area contributed by atoms with Gasteiger partial charge in [-0.05, 0) is 37.8 Å². The van der Waals surface area contributed by atoms with Crippen LogP contribution in [0.1, 0.15) is 41.6 Å². The highest BCUT2D eigenvalue weighted by atomic mass is 32.1. The number of fused-ring (bicyclic) bond motifs is 1. The molecule has 0 bridgehead atoms. The van der Waals surface area contributed by atoms with Crippen molar-refractivity contribution < 1.29 is 9.21 Å². The van der Waals surface area contributed by atoms with Gasteiger partial charge in [0.25, 0.3) is 11.5 Å². The lowest BCUT2D eigenvalue weighted by Crippen LogP contribution is -2.34. The predicted octanol–water partition coefficient (Wildman–Crippen LogP) is 2.22. The number of aryl methyl sites for hydroxylation is 1. The number of carbonyl (C=O) groups excluding carboxylic acids is 1. The van der Waals surface area contributed by atoms with E-state index in [-0.39, 0.29) is 12.1 Å². The molecule has 27 heavy (non-hydrogen) atoms. The van der Waals surface area contributed by atoms with Crippen LogP contribution in [0.15, 0.2) is 27.5 Å². The fourth-order valence-corrected chi connectivity index (χ4v) is 4.16. The lowest BCUT2D eigenvalue weighted by atomic mass is 10.0. The molecule has 1 aliphatic rings. The van der Waals surface area contributed by atoms with Gasteiger partial charge in [0.2, 0.25) is 10.1 Å². The van der Waals surface area contributed by atoms with Gasteiger partial charge in [0.1, 0.15) is 17.1 Å². The molecule has 0 radical (unpaired) electrons. The summed E-state index contributed by atoms with van der Waals surface area (Å²) in [4.78, 5) is 32.1. The summed E-state index contributed by atoms with van der Waals surface area (Å²) in [6.07, 6.45) is 3.64. The summed E-state index contributed by atoms with van der Waals surface area (Å²) < 4.78 is 6.65. The summed E-state index contributed by atoms with van der Waals surface area (Å²) in [5.41, 5.74) is -0.486. The van der Waals surface area contributed by atoms with Crippen molar-refractivity contribution in [2.75, 3.05) is 18.0 Å². The van der Waals surface area contributed by atoms with Crippen molar-refractivity contribution in [3.05, 3.63) is 45.8 Å². The van der Waals surface area contributed by atoms with Crippen molar-refractivity contribution >= 4 is 27.3 Å². The quantitative estimate of drug-likeness (QED) is 0.738. The molecule has 3 aromatic rings. The van der Waals surface area contributed by atoms with Crippen LogP contribution in [0.5, 0.6) is 0 Å². The number of aromatic nitrogens is 3. The molecule has 1 aliphatic heterocycles. The van der Waals surface area contributed by atoms with E-state index < -0.39 is 11.5 Å². The van der Waals surface area contributed by atoms with E-state index in [9.17, 15) is 9.59 Å². The molecule has 1 N–H and O–H groups in total. The molecule has 0 aromatic carbocycles. The maximum atomic E-state index is 12.7. The van der Waals surface area contributed by atoms with Crippen molar-refractivity contribution in [3.63, 3.8) is 0 Å². The van der Waals surface area contributed by atoms with Gasteiger partial charge < -0.3 is 14.6 Å². The number of hydrogen-bond acceptors (Lipinski definition) is 7. The molecule has 1 fully saturated rings. The van der Waals surface area contributed by atoms with Gasteiger partial charge in [-0.3, -0.25) is 9.59 Å². The maximum absolute atomic E-state index is 12.7. The first-order valence-electron chi connectivity index (χ1n) is 8.98. The minimum absolute atomic E-state index is 0.0281. The number of nitrogens with zero attached hydrogens (tertiary/aromatic N) is 4. The molecular weight excluding hydrogens is 366 g/mol. The van der Waals surface area contributed by atoms with Crippen molar-refractivity contribution in [1.29, 1.82) is 0 Å². The Morgan fingerprint density at radius 2 is 2.30 bits per heavy atom. The average Bonchev–Trinajstić information content (AvgIpc) is 3.27. The molecule has 8 nitrogen and oxygen atoms in total. The van der Waals surface area contributed by atoms with Crippen LogP contribution in [0.2, 0.25) is 0 Å². The van der Waals surface area contributed by atoms with E-state index in [4.69, 9.17) is 4.42 Å². The monoisotopic (exact) mass is 387 g/mol. The summed E-state index contributed by atoms with van der Waals surface area (Å²) >= 11 is 1.37. The highest BCUT2D eigenvalue weighted by Crippen LogP contribution is 2.26. The topological polar surface area (TPSA) is 92.7 Å². The number of nitrogens with one attached hydrogen (secondary N) is 1. The summed E-state index contributed by atoms with van der Waals surface area (Å²) in [7, 11) is 0. The molecule has 142 valence electrons. The van der Waals surface area contributed by atoms with Gasteiger partial charge in [-0.15, -0.1) is 5.10 Å². The molecule has 1 saturated heterocycles. The lowest BCUT2D eigenvalue weighted by molar-refractivity contribution is 0.0945. The van der Waals surface area contributed by atoms with Crippen LogP contribution < -0.4 is 15.8 Å². The second-order valence-corrected chi connectivity index (χ2v) is 7.88. The number of piperidine rings is 1. The predicted molar refractivity (Wildman–Crippen MR) is 102 cm³/mol. The fraction of sp³-hybridized carbons (Fsp3) is 0.444. The van der Waals surface area contributed by atoms with Crippen LogP contribution >= 0.6 is 11.3 Å². The van der Waals surface area contributed by atoms with Gasteiger partial charge in [0.05, 0.1) is 6.54 Å². The third-order valence-electron chi connectivity index (χ3n) is 4.67. The largest absolute Gasteiger partial charge is 0.465 e. The highest BCUT2D eigenvalue weighted by Gasteiger charge is 2.22. The molecule has 0 aliphatic carbocycles.